The van der Waals surface area contributed by atoms with E-state index in [4.69, 9.17) is 0 Å². The fourth-order valence-corrected chi connectivity index (χ4v) is 5.51. The highest BCUT2D eigenvalue weighted by atomic mass is 19.4. The highest BCUT2D eigenvalue weighted by Gasteiger charge is 2.43. The molecule has 0 radical (unpaired) electrons. The van der Waals surface area contributed by atoms with Gasteiger partial charge in [0, 0.05) is 61.5 Å². The van der Waals surface area contributed by atoms with Crippen LogP contribution in [0.3, 0.4) is 0 Å². The number of alkyl halides is 3. The van der Waals surface area contributed by atoms with E-state index in [0.717, 1.165) is 0 Å². The van der Waals surface area contributed by atoms with E-state index in [1.165, 1.54) is 12.1 Å². The first kappa shape index (κ1) is 31.4. The molecule has 1 unspecified atom stereocenters. The van der Waals surface area contributed by atoms with Crippen LogP contribution in [0, 0.1) is 17.2 Å². The number of aliphatic imine (C=N–C) groups is 1. The van der Waals surface area contributed by atoms with Gasteiger partial charge in [-0.1, -0.05) is 26.8 Å². The highest BCUT2D eigenvalue weighted by molar-refractivity contribution is 6.11. The topological polar surface area (TPSA) is 85.3 Å². The van der Waals surface area contributed by atoms with Crippen LogP contribution < -0.4 is 10.2 Å². The fourth-order valence-electron chi connectivity index (χ4n) is 5.51. The molecule has 8 nitrogen and oxygen atoms in total. The number of dihydropyridines is 1. The van der Waals surface area contributed by atoms with Gasteiger partial charge in [-0.25, -0.2) is 9.38 Å². The molecular weight excluding hydrogens is 554 g/mol. The van der Waals surface area contributed by atoms with E-state index in [-0.39, 0.29) is 35.8 Å². The molecule has 0 saturated carbocycles. The summed E-state index contributed by atoms with van der Waals surface area (Å²) in [7, 11) is 1.98. The lowest BCUT2D eigenvalue weighted by Crippen LogP contribution is -2.55. The Morgan fingerprint density at radius 1 is 1.07 bits per heavy atom. The van der Waals surface area contributed by atoms with E-state index in [1.807, 2.05) is 46.6 Å². The van der Waals surface area contributed by atoms with Crippen LogP contribution in [0.1, 0.15) is 46.6 Å². The van der Waals surface area contributed by atoms with Gasteiger partial charge in [0.2, 0.25) is 11.8 Å². The third-order valence-corrected chi connectivity index (χ3v) is 8.10. The summed E-state index contributed by atoms with van der Waals surface area (Å²) in [5, 5.41) is 2.59. The Kier molecular flexibility index (Phi) is 8.69. The number of halogens is 4. The summed E-state index contributed by atoms with van der Waals surface area (Å²) in [6.07, 6.45) is -1.78. The van der Waals surface area contributed by atoms with Crippen LogP contribution in [0.4, 0.5) is 28.9 Å². The van der Waals surface area contributed by atoms with Crippen LogP contribution in [0.25, 0.3) is 5.57 Å². The van der Waals surface area contributed by atoms with Gasteiger partial charge >= 0.3 is 6.18 Å². The van der Waals surface area contributed by atoms with Crippen molar-refractivity contribution in [2.24, 2.45) is 16.3 Å². The summed E-state index contributed by atoms with van der Waals surface area (Å²) in [6.45, 7) is 11.2. The van der Waals surface area contributed by atoms with E-state index in [9.17, 15) is 27.6 Å². The number of hydrogen-bond acceptors (Lipinski definition) is 5. The van der Waals surface area contributed by atoms with Crippen molar-refractivity contribution in [1.82, 2.24) is 9.80 Å². The van der Waals surface area contributed by atoms with Crippen molar-refractivity contribution >= 4 is 40.9 Å². The normalized spacial score (nSPS) is 24.0. The van der Waals surface area contributed by atoms with Crippen molar-refractivity contribution in [3.05, 3.63) is 41.2 Å². The number of hydrogen-bond donors (Lipinski definition) is 1. The SMILES string of the molecule is C[C@@H]1CN(c2cc(F)c(C3=CCN(C(=O)C(C)(C)C)CC3)cc2NC(=O)C2C=NC(=O)C=C2C(F)(F)F)C[C@H](C)N1C. The van der Waals surface area contributed by atoms with Gasteiger partial charge in [0.25, 0.3) is 5.91 Å². The van der Waals surface area contributed by atoms with Crippen molar-refractivity contribution in [2.45, 2.75) is 59.3 Å². The molecule has 0 aliphatic carbocycles. The van der Waals surface area contributed by atoms with Crippen LogP contribution in [0.5, 0.6) is 0 Å². The summed E-state index contributed by atoms with van der Waals surface area (Å²) in [4.78, 5) is 46.8. The Bertz CT molecular complexity index is 1350. The number of nitrogens with one attached hydrogen (secondary N) is 1. The van der Waals surface area contributed by atoms with Gasteiger partial charge in [0.05, 0.1) is 16.9 Å². The van der Waals surface area contributed by atoms with E-state index < -0.39 is 40.7 Å². The molecule has 4 rings (SSSR count). The first-order chi connectivity index (χ1) is 19.5. The summed E-state index contributed by atoms with van der Waals surface area (Å²) in [6, 6.07) is 2.93. The Labute approximate surface area is 243 Å². The van der Waals surface area contributed by atoms with Gasteiger partial charge in [0.1, 0.15) is 11.7 Å². The predicted octanol–water partition coefficient (Wildman–Crippen LogP) is 4.67. The van der Waals surface area contributed by atoms with Gasteiger partial charge in [-0.2, -0.15) is 13.2 Å². The molecule has 42 heavy (non-hydrogen) atoms. The van der Waals surface area contributed by atoms with E-state index in [0.29, 0.717) is 49.6 Å². The molecule has 1 saturated heterocycles. The number of anilines is 2. The van der Waals surface area contributed by atoms with Crippen molar-refractivity contribution in [3.8, 4) is 0 Å². The van der Waals surface area contributed by atoms with Gasteiger partial charge in [-0.15, -0.1) is 0 Å². The van der Waals surface area contributed by atoms with Crippen molar-refractivity contribution in [3.63, 3.8) is 0 Å². The van der Waals surface area contributed by atoms with E-state index in [1.54, 1.807) is 11.0 Å². The van der Waals surface area contributed by atoms with Crippen LogP contribution in [0.2, 0.25) is 0 Å². The molecule has 3 amide bonds. The number of rotatable bonds is 4. The minimum atomic E-state index is -4.92. The maximum Gasteiger partial charge on any atom is 0.414 e. The monoisotopic (exact) mass is 591 g/mol. The predicted molar refractivity (Wildman–Crippen MR) is 154 cm³/mol. The second kappa shape index (κ2) is 11.6. The Morgan fingerprint density at radius 3 is 2.26 bits per heavy atom. The second-order valence-corrected chi connectivity index (χ2v) is 12.3. The molecule has 3 heterocycles. The van der Waals surface area contributed by atoms with Crippen LogP contribution in [-0.4, -0.2) is 85.2 Å². The first-order valence-electron chi connectivity index (χ1n) is 13.9. The number of nitrogens with zero attached hydrogens (tertiary/aromatic N) is 4. The maximum absolute atomic E-state index is 15.8. The van der Waals surface area contributed by atoms with Crippen molar-refractivity contribution in [1.29, 1.82) is 0 Å². The number of carbonyl (C=O) groups is 3. The Balaban J connectivity index is 1.71. The number of piperazine rings is 1. The molecule has 1 aromatic carbocycles. The molecule has 1 aromatic rings. The zero-order valence-electron chi connectivity index (χ0n) is 24.7. The molecule has 3 atom stereocenters. The number of benzene rings is 1. The van der Waals surface area contributed by atoms with Crippen LogP contribution in [0.15, 0.2) is 34.9 Å². The number of carbonyl (C=O) groups excluding carboxylic acids is 3. The quantitative estimate of drug-likeness (QED) is 0.515. The molecule has 12 heteroatoms. The average molecular weight is 592 g/mol. The summed E-state index contributed by atoms with van der Waals surface area (Å²) in [5.74, 6) is -4.55. The lowest BCUT2D eigenvalue weighted by molar-refractivity contribution is -0.139. The summed E-state index contributed by atoms with van der Waals surface area (Å²) < 4.78 is 56.9. The molecule has 3 aliphatic rings. The lowest BCUT2D eigenvalue weighted by atomic mass is 9.92. The highest BCUT2D eigenvalue weighted by Crippen LogP contribution is 2.38. The second-order valence-electron chi connectivity index (χ2n) is 12.3. The standard InChI is InChI=1S/C30H37F4N5O3/c1-17-15-39(16-18(2)37(17)6)25-13-23(31)20(19-7-9-38(10-8-19)28(42)29(3,4)5)11-24(25)36-27(41)21-14-35-26(40)12-22(21)30(32,33)34/h7,11-14,17-18,21H,8-10,15-16H2,1-6H3,(H,36,41)/t17-,18+,21?. The zero-order valence-corrected chi connectivity index (χ0v) is 24.7. The average Bonchev–Trinajstić information content (AvgIpc) is 2.90. The van der Waals surface area contributed by atoms with Gasteiger partial charge in [0.15, 0.2) is 0 Å². The van der Waals surface area contributed by atoms with Crippen LogP contribution >= 0.6 is 0 Å². The third-order valence-electron chi connectivity index (χ3n) is 8.10. The minimum absolute atomic E-state index is 0.0268. The maximum atomic E-state index is 15.8. The van der Waals surface area contributed by atoms with Gasteiger partial charge in [-0.05, 0) is 45.0 Å². The lowest BCUT2D eigenvalue weighted by Gasteiger charge is -2.44. The Morgan fingerprint density at radius 2 is 1.71 bits per heavy atom. The minimum Gasteiger partial charge on any atom is -0.367 e. The van der Waals surface area contributed by atoms with E-state index >= 15 is 4.39 Å². The molecule has 3 aliphatic heterocycles. The zero-order chi connectivity index (χ0) is 31.1. The number of amides is 3. The smallest absolute Gasteiger partial charge is 0.367 e. The van der Waals surface area contributed by atoms with Crippen molar-refractivity contribution in [2.75, 3.05) is 43.4 Å². The Hall–Kier alpha value is -3.54. The summed E-state index contributed by atoms with van der Waals surface area (Å²) >= 11 is 0. The molecule has 0 bridgehead atoms. The van der Waals surface area contributed by atoms with Crippen LogP contribution in [-0.2, 0) is 14.4 Å². The molecule has 1 fully saturated rings. The van der Waals surface area contributed by atoms with E-state index in [2.05, 4.69) is 15.2 Å². The first-order valence-corrected chi connectivity index (χ1v) is 13.9. The summed E-state index contributed by atoms with van der Waals surface area (Å²) in [5.41, 5.74) is -0.549. The largest absolute Gasteiger partial charge is 0.414 e. The molecule has 1 N–H and O–H groups in total. The third kappa shape index (κ3) is 6.58. The molecular formula is C30H37F4N5O3. The molecule has 0 aromatic heterocycles. The van der Waals surface area contributed by atoms with Gasteiger partial charge in [-0.3, -0.25) is 19.3 Å². The van der Waals surface area contributed by atoms with Gasteiger partial charge < -0.3 is 15.1 Å². The fraction of sp³-hybridized carbons (Fsp3) is 0.533. The molecule has 0 spiro atoms. The number of likely N-dealkylation sites (N-methyl/N-ethyl adjacent to an activating group) is 1. The molecule has 228 valence electrons. The van der Waals surface area contributed by atoms with Crippen molar-refractivity contribution < 1.29 is 31.9 Å².